The van der Waals surface area contributed by atoms with Crippen LogP contribution in [0.3, 0.4) is 0 Å². The van der Waals surface area contributed by atoms with E-state index < -0.39 is 0 Å². The van der Waals surface area contributed by atoms with E-state index in [1.54, 1.807) is 12.1 Å². The van der Waals surface area contributed by atoms with E-state index in [0.717, 1.165) is 28.1 Å². The first-order chi connectivity index (χ1) is 11.5. The molecular weight excluding hydrogens is 320 g/mol. The number of nitrogens with zero attached hydrogens (tertiary/aromatic N) is 1. The van der Waals surface area contributed by atoms with Crippen LogP contribution in [0.5, 0.6) is 0 Å². The van der Waals surface area contributed by atoms with Gasteiger partial charge in [0, 0.05) is 17.0 Å². The highest BCUT2D eigenvalue weighted by Gasteiger charge is 2.41. The van der Waals surface area contributed by atoms with Crippen molar-refractivity contribution in [2.24, 2.45) is 0 Å². The van der Waals surface area contributed by atoms with E-state index in [1.165, 1.54) is 16.7 Å². The van der Waals surface area contributed by atoms with Crippen LogP contribution in [0.2, 0.25) is 0 Å². The van der Waals surface area contributed by atoms with Gasteiger partial charge in [0.15, 0.2) is 0 Å². The molecule has 0 unspecified atom stereocenters. The number of carbonyl (C=O) groups is 2. The largest absolute Gasteiger partial charge is 0.399 e. The molecule has 124 valence electrons. The van der Waals surface area contributed by atoms with Crippen molar-refractivity contribution in [3.63, 3.8) is 0 Å². The number of para-hydroxylation sites is 1. The van der Waals surface area contributed by atoms with E-state index in [0.29, 0.717) is 5.69 Å². The Hall–Kier alpha value is -2.27. The van der Waals surface area contributed by atoms with Gasteiger partial charge in [0.1, 0.15) is 0 Å². The van der Waals surface area contributed by atoms with Crippen molar-refractivity contribution in [3.8, 4) is 0 Å². The van der Waals surface area contributed by atoms with Crippen LogP contribution in [-0.4, -0.2) is 17.1 Å². The van der Waals surface area contributed by atoms with Gasteiger partial charge in [0.2, 0.25) is 11.8 Å². The van der Waals surface area contributed by atoms with E-state index in [1.807, 2.05) is 44.2 Å². The molecule has 1 fully saturated rings. The second-order valence-electron chi connectivity index (χ2n) is 5.88. The summed E-state index contributed by atoms with van der Waals surface area (Å²) >= 11 is 1.42. The average molecular weight is 340 g/mol. The molecule has 5 heteroatoms. The molecule has 24 heavy (non-hydrogen) atoms. The fourth-order valence-corrected chi connectivity index (χ4v) is 4.02. The van der Waals surface area contributed by atoms with Crippen LogP contribution in [0.25, 0.3) is 0 Å². The third-order valence-corrected chi connectivity index (χ3v) is 5.39. The molecule has 1 atom stereocenters. The van der Waals surface area contributed by atoms with E-state index in [2.05, 4.69) is 0 Å². The minimum absolute atomic E-state index is 0.128. The molecule has 2 aromatic carbocycles. The number of benzene rings is 2. The summed E-state index contributed by atoms with van der Waals surface area (Å²) in [6, 6.07) is 13.2. The Kier molecular flexibility index (Phi) is 4.62. The lowest BCUT2D eigenvalue weighted by atomic mass is 10.0. The number of carbonyl (C=O) groups excluding carboxylic acids is 2. The maximum Gasteiger partial charge on any atom is 0.247 e. The Morgan fingerprint density at radius 2 is 1.88 bits per heavy atom. The van der Waals surface area contributed by atoms with E-state index in [4.69, 9.17) is 5.73 Å². The number of nitrogen functional groups attached to an aromatic ring is 1. The van der Waals surface area contributed by atoms with Gasteiger partial charge in [-0.3, -0.25) is 9.59 Å². The standard InChI is InChI=1S/C19H20N2O2S/c1-3-13-6-4-5-12(2)18(13)21-17(22)11-16(19(21)23)24-15-9-7-14(20)8-10-15/h4-10,16H,3,11,20H2,1-2H3/t16-/m0/s1. The average Bonchev–Trinajstić information content (AvgIpc) is 2.83. The molecule has 1 aliphatic heterocycles. The summed E-state index contributed by atoms with van der Waals surface area (Å²) < 4.78 is 0. The zero-order chi connectivity index (χ0) is 17.3. The smallest absolute Gasteiger partial charge is 0.247 e. The summed E-state index contributed by atoms with van der Waals surface area (Å²) in [6.07, 6.45) is 1.01. The van der Waals surface area contributed by atoms with Crippen LogP contribution < -0.4 is 10.6 Å². The molecule has 2 aromatic rings. The second kappa shape index (κ2) is 6.69. The summed E-state index contributed by atoms with van der Waals surface area (Å²) in [5.74, 6) is -0.261. The Balaban J connectivity index is 1.88. The number of aryl methyl sites for hydroxylation is 2. The summed E-state index contributed by atoms with van der Waals surface area (Å²) in [4.78, 5) is 27.7. The maximum atomic E-state index is 12.9. The summed E-state index contributed by atoms with van der Waals surface area (Å²) in [5.41, 5.74) is 9.11. The first kappa shape index (κ1) is 16.6. The molecule has 2 N–H and O–H groups in total. The number of imide groups is 1. The lowest BCUT2D eigenvalue weighted by Crippen LogP contribution is -2.32. The van der Waals surface area contributed by atoms with Gasteiger partial charge in [-0.1, -0.05) is 25.1 Å². The number of anilines is 2. The highest BCUT2D eigenvalue weighted by molar-refractivity contribution is 8.00. The van der Waals surface area contributed by atoms with Crippen LogP contribution in [0.1, 0.15) is 24.5 Å². The molecule has 1 heterocycles. The minimum Gasteiger partial charge on any atom is -0.399 e. The lowest BCUT2D eigenvalue weighted by Gasteiger charge is -2.20. The number of hydrogen-bond acceptors (Lipinski definition) is 4. The first-order valence-electron chi connectivity index (χ1n) is 7.98. The Bertz CT molecular complexity index is 786. The summed E-state index contributed by atoms with van der Waals surface area (Å²) in [7, 11) is 0. The SMILES string of the molecule is CCc1cccc(C)c1N1C(=O)C[C@H](Sc2ccc(N)cc2)C1=O. The van der Waals surface area contributed by atoms with Crippen LogP contribution in [-0.2, 0) is 16.0 Å². The van der Waals surface area contributed by atoms with Crippen LogP contribution in [0.4, 0.5) is 11.4 Å². The predicted octanol–water partition coefficient (Wildman–Crippen LogP) is 3.56. The molecule has 1 aliphatic rings. The van der Waals surface area contributed by atoms with Crippen molar-refractivity contribution in [3.05, 3.63) is 53.6 Å². The van der Waals surface area contributed by atoms with Crippen molar-refractivity contribution in [2.75, 3.05) is 10.6 Å². The first-order valence-corrected chi connectivity index (χ1v) is 8.86. The van der Waals surface area contributed by atoms with E-state index >= 15 is 0 Å². The zero-order valence-corrected chi connectivity index (χ0v) is 14.6. The number of thioether (sulfide) groups is 1. The quantitative estimate of drug-likeness (QED) is 0.683. The number of rotatable bonds is 4. The topological polar surface area (TPSA) is 63.4 Å². The Labute approximate surface area is 146 Å². The molecule has 0 bridgehead atoms. The molecule has 0 aliphatic carbocycles. The maximum absolute atomic E-state index is 12.9. The highest BCUT2D eigenvalue weighted by atomic mass is 32.2. The van der Waals surface area contributed by atoms with Crippen molar-refractivity contribution < 1.29 is 9.59 Å². The van der Waals surface area contributed by atoms with Gasteiger partial charge in [0.25, 0.3) is 0 Å². The fraction of sp³-hybridized carbons (Fsp3) is 0.263. The third-order valence-electron chi connectivity index (χ3n) is 4.19. The second-order valence-corrected chi connectivity index (χ2v) is 7.16. The zero-order valence-electron chi connectivity index (χ0n) is 13.8. The molecule has 0 spiro atoms. The van der Waals surface area contributed by atoms with Gasteiger partial charge in [-0.25, -0.2) is 4.90 Å². The van der Waals surface area contributed by atoms with Crippen LogP contribution in [0.15, 0.2) is 47.4 Å². The van der Waals surface area contributed by atoms with Gasteiger partial charge in [-0.15, -0.1) is 11.8 Å². The normalized spacial score (nSPS) is 17.6. The molecule has 1 saturated heterocycles. The molecule has 0 saturated carbocycles. The summed E-state index contributed by atoms with van der Waals surface area (Å²) in [5, 5.41) is -0.384. The predicted molar refractivity (Wildman–Crippen MR) is 98.2 cm³/mol. The molecule has 0 radical (unpaired) electrons. The lowest BCUT2D eigenvalue weighted by molar-refractivity contribution is -0.121. The Morgan fingerprint density at radius 1 is 1.17 bits per heavy atom. The van der Waals surface area contributed by atoms with Crippen molar-refractivity contribution in [1.29, 1.82) is 0 Å². The monoisotopic (exact) mass is 340 g/mol. The number of nitrogens with two attached hydrogens (primary N) is 1. The molecule has 0 aromatic heterocycles. The molecule has 2 amide bonds. The van der Waals surface area contributed by atoms with Crippen molar-refractivity contribution >= 4 is 35.0 Å². The fourth-order valence-electron chi connectivity index (χ4n) is 2.97. The molecular formula is C19H20N2O2S. The molecule has 3 rings (SSSR count). The van der Waals surface area contributed by atoms with Gasteiger partial charge < -0.3 is 5.73 Å². The Morgan fingerprint density at radius 3 is 2.54 bits per heavy atom. The van der Waals surface area contributed by atoms with Gasteiger partial charge in [-0.2, -0.15) is 0 Å². The van der Waals surface area contributed by atoms with Crippen molar-refractivity contribution in [2.45, 2.75) is 36.8 Å². The van der Waals surface area contributed by atoms with Gasteiger partial charge in [-0.05, 0) is 48.7 Å². The number of amides is 2. The van der Waals surface area contributed by atoms with Crippen LogP contribution in [0, 0.1) is 6.92 Å². The minimum atomic E-state index is -0.384. The van der Waals surface area contributed by atoms with E-state index in [-0.39, 0.29) is 23.5 Å². The van der Waals surface area contributed by atoms with E-state index in [9.17, 15) is 9.59 Å². The highest BCUT2D eigenvalue weighted by Crippen LogP contribution is 2.36. The third kappa shape index (κ3) is 3.04. The summed E-state index contributed by atoms with van der Waals surface area (Å²) in [6.45, 7) is 3.97. The van der Waals surface area contributed by atoms with Crippen molar-refractivity contribution in [1.82, 2.24) is 0 Å². The number of hydrogen-bond donors (Lipinski definition) is 1. The van der Waals surface area contributed by atoms with Gasteiger partial charge >= 0.3 is 0 Å². The molecule has 4 nitrogen and oxygen atoms in total. The van der Waals surface area contributed by atoms with Gasteiger partial charge in [0.05, 0.1) is 10.9 Å². The van der Waals surface area contributed by atoms with Crippen LogP contribution >= 0.6 is 11.8 Å².